The minimum atomic E-state index is -0.468. The van der Waals surface area contributed by atoms with Gasteiger partial charge in [0.2, 0.25) is 0 Å². The zero-order valence-corrected chi connectivity index (χ0v) is 15.0. The molecular weight excluding hydrogens is 372 g/mol. The third-order valence-electron chi connectivity index (χ3n) is 3.46. The third-order valence-corrected chi connectivity index (χ3v) is 3.46. The average Bonchev–Trinajstić information content (AvgIpc) is 2.70. The van der Waals surface area contributed by atoms with Crippen molar-refractivity contribution in [1.29, 1.82) is 0 Å². The molecule has 2 aromatic carbocycles. The second-order valence-electron chi connectivity index (χ2n) is 5.42. The molecule has 10 nitrogen and oxygen atoms in total. The van der Waals surface area contributed by atoms with E-state index in [9.17, 15) is 20.2 Å². The summed E-state index contributed by atoms with van der Waals surface area (Å²) in [5, 5.41) is 21.1. The van der Waals surface area contributed by atoms with Gasteiger partial charge in [0.1, 0.15) is 24.7 Å². The highest BCUT2D eigenvalue weighted by atomic mass is 16.6. The molecule has 28 heavy (non-hydrogen) atoms. The molecule has 2 aromatic rings. The van der Waals surface area contributed by atoms with Crippen molar-refractivity contribution in [3.05, 3.63) is 68.8 Å². The molecule has 0 N–H and O–H groups in total. The predicted molar refractivity (Wildman–Crippen MR) is 98.8 cm³/mol. The van der Waals surface area contributed by atoms with Crippen molar-refractivity contribution in [3.63, 3.8) is 0 Å². The Morgan fingerprint density at radius 1 is 0.571 bits per heavy atom. The van der Waals surface area contributed by atoms with Crippen molar-refractivity contribution in [2.24, 2.45) is 0 Å². The minimum absolute atomic E-state index is 0.0123. The topological polar surface area (TPSA) is 123 Å². The summed E-state index contributed by atoms with van der Waals surface area (Å²) in [6.07, 6.45) is 0. The molecule has 0 radical (unpaired) electrons. The van der Waals surface area contributed by atoms with E-state index < -0.39 is 9.85 Å². The molecule has 0 unspecified atom stereocenters. The first kappa shape index (κ1) is 21.1. The van der Waals surface area contributed by atoms with Gasteiger partial charge in [-0.1, -0.05) is 0 Å². The summed E-state index contributed by atoms with van der Waals surface area (Å²) in [6, 6.07) is 11.6. The number of nitro benzene ring substituents is 2. The van der Waals surface area contributed by atoms with Crippen LogP contribution in [0.4, 0.5) is 11.4 Å². The Bertz CT molecular complexity index is 684. The summed E-state index contributed by atoms with van der Waals surface area (Å²) in [5.74, 6) is 1.07. The molecule has 0 aliphatic heterocycles. The van der Waals surface area contributed by atoms with Crippen LogP contribution in [0.25, 0.3) is 0 Å². The normalized spacial score (nSPS) is 10.4. The molecule has 0 amide bonds. The van der Waals surface area contributed by atoms with E-state index >= 15 is 0 Å². The molecule has 0 atom stereocenters. The minimum Gasteiger partial charge on any atom is -0.491 e. The SMILES string of the molecule is O=[N+]([O-])c1ccc(OCCOCCOCCOc2ccc([N+](=O)[O-])cc2)cc1. The lowest BCUT2D eigenvalue weighted by atomic mass is 10.3. The largest absolute Gasteiger partial charge is 0.491 e. The Labute approximate surface area is 160 Å². The van der Waals surface area contributed by atoms with Crippen LogP contribution in [0, 0.1) is 20.2 Å². The number of ether oxygens (including phenoxy) is 4. The maximum atomic E-state index is 10.5. The van der Waals surface area contributed by atoms with Crippen LogP contribution in [0.3, 0.4) is 0 Å². The Balaban J connectivity index is 1.45. The van der Waals surface area contributed by atoms with Crippen LogP contribution in [-0.2, 0) is 9.47 Å². The number of hydrogen-bond donors (Lipinski definition) is 0. The van der Waals surface area contributed by atoms with Gasteiger partial charge in [0.05, 0.1) is 36.3 Å². The number of non-ortho nitro benzene ring substituents is 2. The van der Waals surface area contributed by atoms with Crippen LogP contribution < -0.4 is 9.47 Å². The summed E-state index contributed by atoms with van der Waals surface area (Å²) in [4.78, 5) is 20.2. The standard InChI is InChI=1S/C18H20N2O8/c21-19(22)15-1-5-17(6-2-15)27-13-11-25-9-10-26-12-14-28-18-7-3-16(4-8-18)20(23)24/h1-8H,9-14H2. The van der Waals surface area contributed by atoms with Gasteiger partial charge >= 0.3 is 0 Å². The lowest BCUT2D eigenvalue weighted by Crippen LogP contribution is -2.13. The number of nitro groups is 2. The van der Waals surface area contributed by atoms with Gasteiger partial charge in [0.15, 0.2) is 0 Å². The summed E-state index contributed by atoms with van der Waals surface area (Å²) in [6.45, 7) is 2.14. The molecule has 0 heterocycles. The number of nitrogens with zero attached hydrogens (tertiary/aromatic N) is 2. The van der Waals surface area contributed by atoms with Gasteiger partial charge in [-0.15, -0.1) is 0 Å². The highest BCUT2D eigenvalue weighted by molar-refractivity contribution is 5.36. The number of benzene rings is 2. The summed E-state index contributed by atoms with van der Waals surface area (Å²) in [5.41, 5.74) is 0.0246. The molecule has 0 bridgehead atoms. The fourth-order valence-corrected chi connectivity index (χ4v) is 2.09. The Morgan fingerprint density at radius 2 is 0.893 bits per heavy atom. The molecular formula is C18H20N2O8. The van der Waals surface area contributed by atoms with Crippen LogP contribution in [0.5, 0.6) is 11.5 Å². The smallest absolute Gasteiger partial charge is 0.269 e. The highest BCUT2D eigenvalue weighted by Gasteiger charge is 2.05. The van der Waals surface area contributed by atoms with Crippen molar-refractivity contribution >= 4 is 11.4 Å². The van der Waals surface area contributed by atoms with Gasteiger partial charge < -0.3 is 18.9 Å². The summed E-state index contributed by atoms with van der Waals surface area (Å²) in [7, 11) is 0. The van der Waals surface area contributed by atoms with E-state index in [1.807, 2.05) is 0 Å². The van der Waals surface area contributed by atoms with E-state index in [0.29, 0.717) is 51.1 Å². The van der Waals surface area contributed by atoms with Crippen molar-refractivity contribution in [3.8, 4) is 11.5 Å². The Kier molecular flexibility index (Phi) is 8.63. The second-order valence-corrected chi connectivity index (χ2v) is 5.42. The first-order valence-corrected chi connectivity index (χ1v) is 8.46. The third kappa shape index (κ3) is 7.56. The van der Waals surface area contributed by atoms with Crippen LogP contribution in [-0.4, -0.2) is 49.5 Å². The van der Waals surface area contributed by atoms with E-state index in [4.69, 9.17) is 18.9 Å². The molecule has 2 rings (SSSR count). The molecule has 0 aliphatic carbocycles. The van der Waals surface area contributed by atoms with Crippen molar-refractivity contribution in [2.45, 2.75) is 0 Å². The van der Waals surface area contributed by atoms with Crippen LogP contribution in [0.1, 0.15) is 0 Å². The van der Waals surface area contributed by atoms with E-state index in [1.54, 1.807) is 0 Å². The molecule has 0 saturated carbocycles. The molecule has 0 fully saturated rings. The summed E-state index contributed by atoms with van der Waals surface area (Å²) >= 11 is 0. The van der Waals surface area contributed by atoms with E-state index in [-0.39, 0.29) is 11.4 Å². The van der Waals surface area contributed by atoms with Crippen molar-refractivity contribution < 1.29 is 28.8 Å². The Morgan fingerprint density at radius 3 is 1.21 bits per heavy atom. The van der Waals surface area contributed by atoms with Gasteiger partial charge in [-0.2, -0.15) is 0 Å². The molecule has 0 saturated heterocycles. The molecule has 0 spiro atoms. The van der Waals surface area contributed by atoms with E-state index in [1.165, 1.54) is 48.5 Å². The highest BCUT2D eigenvalue weighted by Crippen LogP contribution is 2.18. The predicted octanol–water partition coefficient (Wildman–Crippen LogP) is 2.99. The van der Waals surface area contributed by atoms with Crippen LogP contribution >= 0.6 is 0 Å². The fourth-order valence-electron chi connectivity index (χ4n) is 2.09. The zero-order chi connectivity index (χ0) is 20.2. The first-order valence-electron chi connectivity index (χ1n) is 8.46. The fraction of sp³-hybridized carbons (Fsp3) is 0.333. The zero-order valence-electron chi connectivity index (χ0n) is 15.0. The quantitative estimate of drug-likeness (QED) is 0.289. The number of rotatable bonds is 13. The lowest BCUT2D eigenvalue weighted by molar-refractivity contribution is -0.385. The lowest BCUT2D eigenvalue weighted by Gasteiger charge is -2.08. The number of hydrogen-bond acceptors (Lipinski definition) is 8. The molecule has 0 aromatic heterocycles. The second kappa shape index (κ2) is 11.5. The van der Waals surface area contributed by atoms with Crippen LogP contribution in [0.15, 0.2) is 48.5 Å². The van der Waals surface area contributed by atoms with Gasteiger partial charge in [-0.25, -0.2) is 0 Å². The van der Waals surface area contributed by atoms with Gasteiger partial charge in [-0.05, 0) is 24.3 Å². The van der Waals surface area contributed by atoms with E-state index in [2.05, 4.69) is 0 Å². The monoisotopic (exact) mass is 392 g/mol. The van der Waals surface area contributed by atoms with Gasteiger partial charge in [0, 0.05) is 24.3 Å². The van der Waals surface area contributed by atoms with Crippen molar-refractivity contribution in [2.75, 3.05) is 39.6 Å². The Hall–Kier alpha value is -3.24. The molecule has 0 aliphatic rings. The first-order chi connectivity index (χ1) is 13.6. The van der Waals surface area contributed by atoms with Crippen LogP contribution in [0.2, 0.25) is 0 Å². The van der Waals surface area contributed by atoms with Gasteiger partial charge in [-0.3, -0.25) is 20.2 Å². The maximum Gasteiger partial charge on any atom is 0.269 e. The average molecular weight is 392 g/mol. The molecule has 150 valence electrons. The van der Waals surface area contributed by atoms with E-state index in [0.717, 1.165) is 0 Å². The maximum absolute atomic E-state index is 10.5. The van der Waals surface area contributed by atoms with Crippen molar-refractivity contribution in [1.82, 2.24) is 0 Å². The van der Waals surface area contributed by atoms with Gasteiger partial charge in [0.25, 0.3) is 11.4 Å². The summed E-state index contributed by atoms with van der Waals surface area (Å²) < 4.78 is 21.5. The molecule has 10 heteroatoms.